The van der Waals surface area contributed by atoms with Gasteiger partial charge in [0.1, 0.15) is 0 Å². The molecule has 2 nitrogen and oxygen atoms in total. The molecule has 1 N–H and O–H groups in total. The molecule has 88 valence electrons. The van der Waals surface area contributed by atoms with E-state index in [0.717, 1.165) is 20.7 Å². The number of aliphatic hydroxyl groups is 1. The summed E-state index contributed by atoms with van der Waals surface area (Å²) in [6.45, 7) is 0.0901. The van der Waals surface area contributed by atoms with Gasteiger partial charge in [-0.3, -0.25) is 4.98 Å². The molecule has 0 fully saturated rings. The highest BCUT2D eigenvalue weighted by Gasteiger charge is 1.99. The molecule has 0 aliphatic heterocycles. The molecule has 0 saturated carbocycles. The van der Waals surface area contributed by atoms with Crippen LogP contribution in [0.4, 0.5) is 0 Å². The van der Waals surface area contributed by atoms with Crippen molar-refractivity contribution >= 4 is 27.7 Å². The molecule has 0 spiro atoms. The van der Waals surface area contributed by atoms with E-state index >= 15 is 0 Å². The van der Waals surface area contributed by atoms with Crippen molar-refractivity contribution in [2.24, 2.45) is 0 Å². The van der Waals surface area contributed by atoms with Crippen LogP contribution < -0.4 is 0 Å². The maximum absolute atomic E-state index is 9.06. The van der Waals surface area contributed by atoms with Crippen molar-refractivity contribution in [2.45, 2.75) is 17.3 Å². The molecule has 17 heavy (non-hydrogen) atoms. The Morgan fingerprint density at radius 1 is 1.18 bits per heavy atom. The number of benzene rings is 1. The highest BCUT2D eigenvalue weighted by Crippen LogP contribution is 2.24. The second-order valence-corrected chi connectivity index (χ2v) is 5.57. The second-order valence-electron chi connectivity index (χ2n) is 3.61. The largest absolute Gasteiger partial charge is 0.392 e. The fourth-order valence-corrected chi connectivity index (χ4v) is 2.75. The quantitative estimate of drug-likeness (QED) is 0.876. The standard InChI is InChI=1S/C13H12BrNOS/c14-12-4-11(6-15-7-12)9-17-13-3-1-2-10(5-13)8-16/h1-7,16H,8-9H2. The normalized spacial score (nSPS) is 10.5. The van der Waals surface area contributed by atoms with E-state index in [2.05, 4.69) is 33.0 Å². The van der Waals surface area contributed by atoms with Crippen LogP contribution in [-0.2, 0) is 12.4 Å². The van der Waals surface area contributed by atoms with Gasteiger partial charge in [-0.25, -0.2) is 0 Å². The van der Waals surface area contributed by atoms with Gasteiger partial charge in [-0.1, -0.05) is 12.1 Å². The van der Waals surface area contributed by atoms with E-state index in [0.29, 0.717) is 0 Å². The molecule has 1 aromatic carbocycles. The summed E-state index contributed by atoms with van der Waals surface area (Å²) in [7, 11) is 0. The van der Waals surface area contributed by atoms with Crippen LogP contribution in [0.3, 0.4) is 0 Å². The van der Waals surface area contributed by atoms with E-state index in [-0.39, 0.29) is 6.61 Å². The first-order valence-corrected chi connectivity index (χ1v) is 6.98. The Morgan fingerprint density at radius 2 is 2.06 bits per heavy atom. The fraction of sp³-hybridized carbons (Fsp3) is 0.154. The Bertz CT molecular complexity index is 504. The molecule has 0 aliphatic rings. The van der Waals surface area contributed by atoms with Crippen molar-refractivity contribution in [1.82, 2.24) is 4.98 Å². The molecule has 0 aliphatic carbocycles. The number of nitrogens with zero attached hydrogens (tertiary/aromatic N) is 1. The first-order valence-electron chi connectivity index (χ1n) is 5.20. The van der Waals surface area contributed by atoms with Crippen LogP contribution in [0.2, 0.25) is 0 Å². The van der Waals surface area contributed by atoms with Crippen LogP contribution in [-0.4, -0.2) is 10.1 Å². The highest BCUT2D eigenvalue weighted by molar-refractivity contribution is 9.10. The lowest BCUT2D eigenvalue weighted by Crippen LogP contribution is -1.85. The van der Waals surface area contributed by atoms with Gasteiger partial charge in [0.2, 0.25) is 0 Å². The molecule has 0 radical (unpaired) electrons. The number of thioether (sulfide) groups is 1. The van der Waals surface area contributed by atoms with E-state index in [1.54, 1.807) is 18.0 Å². The molecule has 1 heterocycles. The summed E-state index contributed by atoms with van der Waals surface area (Å²) in [6.07, 6.45) is 3.65. The molecule has 1 aromatic heterocycles. The van der Waals surface area contributed by atoms with E-state index < -0.39 is 0 Å². The Kier molecular flexibility index (Phi) is 4.59. The minimum atomic E-state index is 0.0901. The van der Waals surface area contributed by atoms with E-state index in [9.17, 15) is 0 Å². The molecular weight excluding hydrogens is 298 g/mol. The summed E-state index contributed by atoms with van der Waals surface area (Å²) < 4.78 is 1.000. The van der Waals surface area contributed by atoms with E-state index in [1.165, 1.54) is 5.56 Å². The number of hydrogen-bond donors (Lipinski definition) is 1. The summed E-state index contributed by atoms with van der Waals surface area (Å²) in [5, 5.41) is 9.06. The average molecular weight is 310 g/mol. The Labute approximate surface area is 113 Å². The summed E-state index contributed by atoms with van der Waals surface area (Å²) in [5.74, 6) is 0.876. The molecule has 0 bridgehead atoms. The zero-order chi connectivity index (χ0) is 12.1. The lowest BCUT2D eigenvalue weighted by Gasteiger charge is -2.04. The number of pyridine rings is 1. The predicted molar refractivity (Wildman–Crippen MR) is 73.9 cm³/mol. The van der Waals surface area contributed by atoms with Crippen LogP contribution in [0.25, 0.3) is 0 Å². The van der Waals surface area contributed by atoms with Crippen molar-refractivity contribution in [2.75, 3.05) is 0 Å². The third-order valence-electron chi connectivity index (χ3n) is 2.25. The predicted octanol–water partition coefficient (Wildman–Crippen LogP) is 3.63. The van der Waals surface area contributed by atoms with Crippen molar-refractivity contribution in [3.8, 4) is 0 Å². The number of hydrogen-bond acceptors (Lipinski definition) is 3. The van der Waals surface area contributed by atoms with E-state index in [4.69, 9.17) is 5.11 Å². The van der Waals surface area contributed by atoms with Crippen molar-refractivity contribution in [1.29, 1.82) is 0 Å². The van der Waals surface area contributed by atoms with Gasteiger partial charge in [0, 0.05) is 27.5 Å². The van der Waals surface area contributed by atoms with Gasteiger partial charge in [-0.2, -0.15) is 0 Å². The summed E-state index contributed by atoms with van der Waals surface area (Å²) in [5.41, 5.74) is 2.13. The number of aromatic nitrogens is 1. The zero-order valence-electron chi connectivity index (χ0n) is 9.14. The number of aliphatic hydroxyl groups excluding tert-OH is 1. The molecule has 0 amide bonds. The minimum absolute atomic E-state index is 0.0901. The van der Waals surface area contributed by atoms with Gasteiger partial charge in [0.25, 0.3) is 0 Å². The lowest BCUT2D eigenvalue weighted by molar-refractivity contribution is 0.281. The van der Waals surface area contributed by atoms with Crippen LogP contribution in [0.15, 0.2) is 52.1 Å². The molecule has 2 rings (SSSR count). The van der Waals surface area contributed by atoms with Crippen LogP contribution in [0.1, 0.15) is 11.1 Å². The van der Waals surface area contributed by atoms with Crippen LogP contribution >= 0.6 is 27.7 Å². The number of rotatable bonds is 4. The van der Waals surface area contributed by atoms with Gasteiger partial charge < -0.3 is 5.11 Å². The molecule has 0 unspecified atom stereocenters. The SMILES string of the molecule is OCc1cccc(SCc2cncc(Br)c2)c1. The first kappa shape index (κ1) is 12.6. The van der Waals surface area contributed by atoms with Crippen molar-refractivity contribution in [3.63, 3.8) is 0 Å². The molecular formula is C13H12BrNOS. The monoisotopic (exact) mass is 309 g/mol. The fourth-order valence-electron chi connectivity index (χ4n) is 1.44. The van der Waals surface area contributed by atoms with Gasteiger partial charge in [0.05, 0.1) is 6.61 Å². The molecule has 0 atom stereocenters. The smallest absolute Gasteiger partial charge is 0.0682 e. The Hall–Kier alpha value is -0.840. The number of halogens is 1. The third-order valence-corrected chi connectivity index (χ3v) is 3.75. The van der Waals surface area contributed by atoms with Gasteiger partial charge in [-0.05, 0) is 45.3 Å². The first-order chi connectivity index (χ1) is 8.28. The third kappa shape index (κ3) is 3.84. The van der Waals surface area contributed by atoms with Gasteiger partial charge in [-0.15, -0.1) is 11.8 Å². The Morgan fingerprint density at radius 3 is 2.82 bits per heavy atom. The summed E-state index contributed by atoms with van der Waals surface area (Å²) in [4.78, 5) is 5.29. The van der Waals surface area contributed by atoms with Crippen molar-refractivity contribution in [3.05, 3.63) is 58.3 Å². The maximum Gasteiger partial charge on any atom is 0.0682 e. The maximum atomic E-state index is 9.06. The van der Waals surface area contributed by atoms with Crippen LogP contribution in [0.5, 0.6) is 0 Å². The Balaban J connectivity index is 2.02. The molecule has 2 aromatic rings. The second kappa shape index (κ2) is 6.19. The van der Waals surface area contributed by atoms with Crippen LogP contribution in [0, 0.1) is 0 Å². The molecule has 0 saturated heterocycles. The van der Waals surface area contributed by atoms with Crippen molar-refractivity contribution < 1.29 is 5.11 Å². The van der Waals surface area contributed by atoms with Gasteiger partial charge >= 0.3 is 0 Å². The molecule has 4 heteroatoms. The zero-order valence-corrected chi connectivity index (χ0v) is 11.5. The summed E-state index contributed by atoms with van der Waals surface area (Å²) >= 11 is 5.15. The minimum Gasteiger partial charge on any atom is -0.392 e. The summed E-state index contributed by atoms with van der Waals surface area (Å²) in [6, 6.07) is 10.0. The topological polar surface area (TPSA) is 33.1 Å². The van der Waals surface area contributed by atoms with Gasteiger partial charge in [0.15, 0.2) is 0 Å². The highest BCUT2D eigenvalue weighted by atomic mass is 79.9. The van der Waals surface area contributed by atoms with E-state index in [1.807, 2.05) is 24.4 Å². The average Bonchev–Trinajstić information content (AvgIpc) is 2.37. The lowest BCUT2D eigenvalue weighted by atomic mass is 10.2.